The molecule has 25 heavy (non-hydrogen) atoms. The predicted molar refractivity (Wildman–Crippen MR) is 100 cm³/mol. The lowest BCUT2D eigenvalue weighted by Gasteiger charge is -2.23. The molecule has 2 aromatic rings. The molecule has 2 amide bonds. The Bertz CT molecular complexity index is 769. The summed E-state index contributed by atoms with van der Waals surface area (Å²) in [6.45, 7) is 3.07. The minimum atomic E-state index is -1.31. The van der Waals surface area contributed by atoms with Gasteiger partial charge in [0.05, 0.1) is 7.11 Å². The molecule has 0 fully saturated rings. The molecule has 2 N–H and O–H groups in total. The number of amides is 2. The van der Waals surface area contributed by atoms with E-state index in [2.05, 4.69) is 10.6 Å². The first-order valence-electron chi connectivity index (χ1n) is 7.45. The van der Waals surface area contributed by atoms with Gasteiger partial charge in [-0.25, -0.2) is 0 Å². The van der Waals surface area contributed by atoms with Crippen LogP contribution in [0.15, 0.2) is 42.5 Å². The fourth-order valence-electron chi connectivity index (χ4n) is 1.98. The minimum absolute atomic E-state index is 0.392. The lowest BCUT2D eigenvalue weighted by atomic mass is 9.90. The van der Waals surface area contributed by atoms with Gasteiger partial charge in [0, 0.05) is 21.4 Å². The molecule has 7 heteroatoms. The van der Waals surface area contributed by atoms with Crippen LogP contribution in [0.2, 0.25) is 10.0 Å². The average molecular weight is 381 g/mol. The van der Waals surface area contributed by atoms with Crippen molar-refractivity contribution >= 4 is 46.4 Å². The van der Waals surface area contributed by atoms with E-state index >= 15 is 0 Å². The summed E-state index contributed by atoms with van der Waals surface area (Å²) in [5, 5.41) is 6.16. The molecule has 2 aromatic carbocycles. The van der Waals surface area contributed by atoms with Crippen molar-refractivity contribution in [1.82, 2.24) is 0 Å². The van der Waals surface area contributed by atoms with Gasteiger partial charge in [0.15, 0.2) is 0 Å². The van der Waals surface area contributed by atoms with Crippen LogP contribution in [0.5, 0.6) is 5.75 Å². The molecule has 0 spiro atoms. The van der Waals surface area contributed by atoms with E-state index < -0.39 is 17.2 Å². The first-order chi connectivity index (χ1) is 11.7. The number of benzene rings is 2. The first kappa shape index (κ1) is 19.1. The average Bonchev–Trinajstić information content (AvgIpc) is 2.54. The molecular formula is C18H18Cl2N2O3. The second-order valence-electron chi connectivity index (χ2n) is 5.92. The molecule has 0 radical (unpaired) electrons. The van der Waals surface area contributed by atoms with Crippen LogP contribution in [-0.4, -0.2) is 18.9 Å². The molecule has 0 heterocycles. The second-order valence-corrected chi connectivity index (χ2v) is 6.79. The van der Waals surface area contributed by atoms with Crippen LogP contribution in [0, 0.1) is 5.41 Å². The zero-order valence-electron chi connectivity index (χ0n) is 14.0. The van der Waals surface area contributed by atoms with Gasteiger partial charge in [0.1, 0.15) is 11.2 Å². The van der Waals surface area contributed by atoms with Crippen molar-refractivity contribution in [2.24, 2.45) is 5.41 Å². The smallest absolute Gasteiger partial charge is 0.239 e. The maximum Gasteiger partial charge on any atom is 0.239 e. The van der Waals surface area contributed by atoms with Crippen LogP contribution in [0.3, 0.4) is 0 Å². The molecule has 0 saturated carbocycles. The highest BCUT2D eigenvalue weighted by Gasteiger charge is 2.36. The monoisotopic (exact) mass is 380 g/mol. The summed E-state index contributed by atoms with van der Waals surface area (Å²) in [6.07, 6.45) is 0. The summed E-state index contributed by atoms with van der Waals surface area (Å²) in [4.78, 5) is 25.0. The van der Waals surface area contributed by atoms with E-state index in [0.717, 1.165) is 0 Å². The number of carbonyl (C=O) groups is 2. The molecule has 0 aliphatic carbocycles. The number of methoxy groups -OCH3 is 1. The zero-order valence-corrected chi connectivity index (χ0v) is 15.5. The quantitative estimate of drug-likeness (QED) is 0.744. The summed E-state index contributed by atoms with van der Waals surface area (Å²) >= 11 is 11.8. The molecule has 0 bridgehead atoms. The van der Waals surface area contributed by atoms with Crippen molar-refractivity contribution in [3.63, 3.8) is 0 Å². The van der Waals surface area contributed by atoms with Gasteiger partial charge in [-0.15, -0.1) is 0 Å². The van der Waals surface area contributed by atoms with Crippen molar-refractivity contribution in [2.45, 2.75) is 13.8 Å². The van der Waals surface area contributed by atoms with Crippen LogP contribution >= 0.6 is 23.2 Å². The molecule has 2 rings (SSSR count). The number of hydrogen-bond acceptors (Lipinski definition) is 3. The standard InChI is InChI=1S/C18H18Cl2N2O3/c1-18(2,16(23)21-13-4-6-15(25-3)7-5-13)17(24)22-14-9-11(19)8-12(20)10-14/h4-10H,1-3H3,(H,21,23)(H,22,24). The van der Waals surface area contributed by atoms with Crippen molar-refractivity contribution < 1.29 is 14.3 Å². The number of nitrogens with one attached hydrogen (secondary N) is 2. The number of rotatable bonds is 5. The lowest BCUT2D eigenvalue weighted by Crippen LogP contribution is -2.41. The summed E-state index contributed by atoms with van der Waals surface area (Å²) in [7, 11) is 1.56. The second kappa shape index (κ2) is 7.76. The Morgan fingerprint density at radius 3 is 1.84 bits per heavy atom. The largest absolute Gasteiger partial charge is 0.497 e. The minimum Gasteiger partial charge on any atom is -0.497 e. The van der Waals surface area contributed by atoms with Gasteiger partial charge in [0.25, 0.3) is 0 Å². The number of carbonyl (C=O) groups excluding carboxylic acids is 2. The summed E-state index contributed by atoms with van der Waals surface area (Å²) in [5.74, 6) is -0.243. The highest BCUT2D eigenvalue weighted by atomic mass is 35.5. The van der Waals surface area contributed by atoms with Crippen LogP contribution in [-0.2, 0) is 9.59 Å². The molecule has 0 atom stereocenters. The van der Waals surface area contributed by atoms with E-state index in [1.54, 1.807) is 49.6 Å². The van der Waals surface area contributed by atoms with Crippen molar-refractivity contribution in [1.29, 1.82) is 0 Å². The van der Waals surface area contributed by atoms with E-state index in [-0.39, 0.29) is 0 Å². The Balaban J connectivity index is 2.09. The number of hydrogen-bond donors (Lipinski definition) is 2. The summed E-state index contributed by atoms with van der Waals surface area (Å²) in [5.41, 5.74) is -0.320. The van der Waals surface area contributed by atoms with E-state index in [1.165, 1.54) is 13.8 Å². The van der Waals surface area contributed by atoms with E-state index in [4.69, 9.17) is 27.9 Å². The van der Waals surface area contributed by atoms with Crippen LogP contribution in [0.1, 0.15) is 13.8 Å². The fraction of sp³-hybridized carbons (Fsp3) is 0.222. The van der Waals surface area contributed by atoms with Crippen LogP contribution in [0.4, 0.5) is 11.4 Å². The predicted octanol–water partition coefficient (Wildman–Crippen LogP) is 4.61. The highest BCUT2D eigenvalue weighted by molar-refractivity contribution is 6.35. The van der Waals surface area contributed by atoms with Gasteiger partial charge in [-0.3, -0.25) is 9.59 Å². The van der Waals surface area contributed by atoms with Crippen molar-refractivity contribution in [2.75, 3.05) is 17.7 Å². The van der Waals surface area contributed by atoms with E-state index in [1.807, 2.05) is 0 Å². The first-order valence-corrected chi connectivity index (χ1v) is 8.21. The zero-order chi connectivity index (χ0) is 18.6. The van der Waals surface area contributed by atoms with Crippen molar-refractivity contribution in [3.8, 4) is 5.75 Å². The van der Waals surface area contributed by atoms with Crippen LogP contribution in [0.25, 0.3) is 0 Å². The SMILES string of the molecule is COc1ccc(NC(=O)C(C)(C)C(=O)Nc2cc(Cl)cc(Cl)c2)cc1. The molecule has 0 aliphatic heterocycles. The Morgan fingerprint density at radius 1 is 0.880 bits per heavy atom. The third-order valence-electron chi connectivity index (χ3n) is 3.60. The molecule has 0 aliphatic rings. The number of ether oxygens (including phenoxy) is 1. The van der Waals surface area contributed by atoms with Gasteiger partial charge in [-0.1, -0.05) is 23.2 Å². The number of halogens is 2. The van der Waals surface area contributed by atoms with Gasteiger partial charge < -0.3 is 15.4 Å². The molecule has 0 aromatic heterocycles. The Labute approximate surface area is 156 Å². The molecular weight excluding hydrogens is 363 g/mol. The van der Waals surface area contributed by atoms with Gasteiger partial charge >= 0.3 is 0 Å². The Hall–Kier alpha value is -2.24. The van der Waals surface area contributed by atoms with E-state index in [0.29, 0.717) is 27.2 Å². The maximum atomic E-state index is 12.5. The maximum absolute atomic E-state index is 12.5. The third-order valence-corrected chi connectivity index (χ3v) is 4.04. The molecule has 5 nitrogen and oxygen atoms in total. The van der Waals surface area contributed by atoms with Crippen molar-refractivity contribution in [3.05, 3.63) is 52.5 Å². The van der Waals surface area contributed by atoms with Crippen LogP contribution < -0.4 is 15.4 Å². The highest BCUT2D eigenvalue weighted by Crippen LogP contribution is 2.26. The third kappa shape index (κ3) is 4.87. The topological polar surface area (TPSA) is 67.4 Å². The number of anilines is 2. The summed E-state index contributed by atoms with van der Waals surface area (Å²) in [6, 6.07) is 11.5. The van der Waals surface area contributed by atoms with E-state index in [9.17, 15) is 9.59 Å². The molecule has 132 valence electrons. The Morgan fingerprint density at radius 2 is 1.36 bits per heavy atom. The van der Waals surface area contributed by atoms with Gasteiger partial charge in [-0.05, 0) is 56.3 Å². The fourth-order valence-corrected chi connectivity index (χ4v) is 2.50. The van der Waals surface area contributed by atoms with Gasteiger partial charge in [-0.2, -0.15) is 0 Å². The van der Waals surface area contributed by atoms with Gasteiger partial charge in [0.2, 0.25) is 11.8 Å². The lowest BCUT2D eigenvalue weighted by molar-refractivity contribution is -0.135. The molecule has 0 saturated heterocycles. The normalized spacial score (nSPS) is 10.9. The summed E-state index contributed by atoms with van der Waals surface area (Å²) < 4.78 is 5.07. The molecule has 0 unspecified atom stereocenters. The Kier molecular flexibility index (Phi) is 5.93.